The molecule has 3 aromatic rings. The molecular formula is C25H25ClN2O4S2. The van der Waals surface area contributed by atoms with E-state index in [0.717, 1.165) is 41.6 Å². The number of aromatic nitrogens is 2. The maximum Gasteiger partial charge on any atom is 0.327 e. The first kappa shape index (κ1) is 23.6. The van der Waals surface area contributed by atoms with E-state index in [0.29, 0.717) is 28.0 Å². The zero-order valence-corrected chi connectivity index (χ0v) is 21.2. The van der Waals surface area contributed by atoms with Gasteiger partial charge in [-0.2, -0.15) is 0 Å². The minimum Gasteiger partial charge on any atom is -0.495 e. The van der Waals surface area contributed by atoms with Gasteiger partial charge in [-0.1, -0.05) is 53.6 Å². The Morgan fingerprint density at radius 3 is 2.79 bits per heavy atom. The first-order valence-electron chi connectivity index (χ1n) is 11.4. The van der Waals surface area contributed by atoms with E-state index < -0.39 is 16.8 Å². The molecule has 1 saturated carbocycles. The standard InChI is InChI=1S/C25H25ClN2O4S2/c1-31-20-9-8-15(13-17(20)26)10-11-25(16-5-2-3-6-16)14-19(29)21(23(30)32-25)33-24-28-18-7-4-12-27-22(18)34-24/h4,7-9,12-13,16,21H,2-3,5-6,10-11,14H2,1H3. The third kappa shape index (κ3) is 4.68. The topological polar surface area (TPSA) is 78.4 Å². The number of nitrogens with zero attached hydrogens (tertiary/aromatic N) is 2. The number of benzene rings is 1. The maximum absolute atomic E-state index is 13.3. The van der Waals surface area contributed by atoms with Gasteiger partial charge in [0.1, 0.15) is 21.7 Å². The molecule has 0 N–H and O–H groups in total. The number of halogens is 1. The van der Waals surface area contributed by atoms with Gasteiger partial charge in [0.05, 0.1) is 12.1 Å². The summed E-state index contributed by atoms with van der Waals surface area (Å²) >= 11 is 8.88. The molecule has 34 heavy (non-hydrogen) atoms. The van der Waals surface area contributed by atoms with Crippen LogP contribution in [0.4, 0.5) is 0 Å². The second-order valence-electron chi connectivity index (χ2n) is 8.88. The normalized spacial score (nSPS) is 23.4. The Bertz CT molecular complexity index is 1170. The van der Waals surface area contributed by atoms with Crippen LogP contribution in [-0.2, 0) is 20.7 Å². The highest BCUT2D eigenvalue weighted by atomic mass is 35.5. The molecule has 0 amide bonds. The van der Waals surface area contributed by atoms with Gasteiger partial charge in [0.15, 0.2) is 15.4 Å². The highest BCUT2D eigenvalue weighted by Gasteiger charge is 2.52. The van der Waals surface area contributed by atoms with E-state index >= 15 is 0 Å². The number of carbonyl (C=O) groups excluding carboxylic acids is 2. The Labute approximate surface area is 211 Å². The maximum atomic E-state index is 13.3. The van der Waals surface area contributed by atoms with Crippen molar-refractivity contribution in [3.63, 3.8) is 0 Å². The summed E-state index contributed by atoms with van der Waals surface area (Å²) < 4.78 is 12.1. The Morgan fingerprint density at radius 2 is 2.09 bits per heavy atom. The van der Waals surface area contributed by atoms with Crippen LogP contribution in [0.15, 0.2) is 40.9 Å². The van der Waals surface area contributed by atoms with E-state index in [-0.39, 0.29) is 18.1 Å². The molecule has 1 saturated heterocycles. The molecule has 1 aromatic carbocycles. The van der Waals surface area contributed by atoms with Crippen LogP contribution >= 0.6 is 34.7 Å². The molecule has 0 radical (unpaired) electrons. The van der Waals surface area contributed by atoms with E-state index in [1.807, 2.05) is 30.3 Å². The fraction of sp³-hybridized carbons (Fsp3) is 0.440. The Balaban J connectivity index is 1.34. The van der Waals surface area contributed by atoms with Crippen LogP contribution in [-0.4, -0.2) is 39.7 Å². The summed E-state index contributed by atoms with van der Waals surface area (Å²) in [5.41, 5.74) is 1.04. The number of thioether (sulfide) groups is 1. The average Bonchev–Trinajstić information content (AvgIpc) is 3.50. The van der Waals surface area contributed by atoms with Crippen molar-refractivity contribution < 1.29 is 19.1 Å². The molecular weight excluding hydrogens is 492 g/mol. The molecule has 5 rings (SSSR count). The molecule has 6 nitrogen and oxygen atoms in total. The molecule has 1 aliphatic heterocycles. The van der Waals surface area contributed by atoms with Gasteiger partial charge in [-0.05, 0) is 61.4 Å². The molecule has 2 aromatic heterocycles. The first-order valence-corrected chi connectivity index (χ1v) is 13.5. The number of carbonyl (C=O) groups is 2. The van der Waals surface area contributed by atoms with Crippen LogP contribution in [0.1, 0.15) is 44.1 Å². The molecule has 0 bridgehead atoms. The van der Waals surface area contributed by atoms with Crippen molar-refractivity contribution in [2.45, 2.75) is 60.1 Å². The summed E-state index contributed by atoms with van der Waals surface area (Å²) in [6.45, 7) is 0. The third-order valence-electron chi connectivity index (χ3n) is 6.80. The van der Waals surface area contributed by atoms with Gasteiger partial charge in [0, 0.05) is 12.6 Å². The summed E-state index contributed by atoms with van der Waals surface area (Å²) in [7, 11) is 1.59. The number of ketones is 1. The van der Waals surface area contributed by atoms with Crippen LogP contribution in [0.3, 0.4) is 0 Å². The molecule has 2 unspecified atom stereocenters. The van der Waals surface area contributed by atoms with E-state index in [9.17, 15) is 9.59 Å². The van der Waals surface area contributed by atoms with Crippen molar-refractivity contribution in [3.05, 3.63) is 47.1 Å². The van der Waals surface area contributed by atoms with Crippen molar-refractivity contribution >= 4 is 56.8 Å². The van der Waals surface area contributed by atoms with Crippen LogP contribution in [0.5, 0.6) is 5.75 Å². The average molecular weight is 517 g/mol. The number of hydrogen-bond donors (Lipinski definition) is 0. The molecule has 0 spiro atoms. The van der Waals surface area contributed by atoms with Gasteiger partial charge in [-0.3, -0.25) is 9.59 Å². The van der Waals surface area contributed by atoms with Gasteiger partial charge < -0.3 is 9.47 Å². The Morgan fingerprint density at radius 1 is 1.26 bits per heavy atom. The number of Topliss-reactive ketones (excluding diaryl/α,β-unsaturated/α-hetero) is 1. The fourth-order valence-electron chi connectivity index (χ4n) is 5.07. The number of esters is 1. The van der Waals surface area contributed by atoms with E-state index in [2.05, 4.69) is 9.97 Å². The summed E-state index contributed by atoms with van der Waals surface area (Å²) in [6, 6.07) is 9.40. The van der Waals surface area contributed by atoms with Crippen LogP contribution in [0.25, 0.3) is 10.3 Å². The van der Waals surface area contributed by atoms with E-state index in [1.54, 1.807) is 13.3 Å². The van der Waals surface area contributed by atoms with E-state index in [4.69, 9.17) is 21.1 Å². The fourth-order valence-corrected chi connectivity index (χ4v) is 7.42. The van der Waals surface area contributed by atoms with Crippen molar-refractivity contribution in [1.82, 2.24) is 9.97 Å². The van der Waals surface area contributed by atoms with Crippen LogP contribution in [0.2, 0.25) is 5.02 Å². The molecule has 178 valence electrons. The van der Waals surface area contributed by atoms with Gasteiger partial charge in [0.25, 0.3) is 0 Å². The first-order chi connectivity index (χ1) is 16.5. The predicted molar refractivity (Wildman–Crippen MR) is 134 cm³/mol. The second kappa shape index (κ2) is 9.84. The number of fused-ring (bicyclic) bond motifs is 1. The van der Waals surface area contributed by atoms with Gasteiger partial charge >= 0.3 is 5.97 Å². The van der Waals surface area contributed by atoms with Gasteiger partial charge in [-0.25, -0.2) is 9.97 Å². The lowest BCUT2D eigenvalue weighted by atomic mass is 9.76. The van der Waals surface area contributed by atoms with Crippen molar-refractivity contribution in [2.24, 2.45) is 5.92 Å². The molecule has 2 fully saturated rings. The molecule has 3 heterocycles. The van der Waals surface area contributed by atoms with Gasteiger partial charge in [0.2, 0.25) is 0 Å². The zero-order valence-electron chi connectivity index (χ0n) is 18.8. The summed E-state index contributed by atoms with van der Waals surface area (Å²) in [6.07, 6.45) is 7.38. The number of pyridine rings is 1. The lowest BCUT2D eigenvalue weighted by Gasteiger charge is -2.42. The number of cyclic esters (lactones) is 1. The summed E-state index contributed by atoms with van der Waals surface area (Å²) in [5, 5.41) is -0.334. The summed E-state index contributed by atoms with van der Waals surface area (Å²) in [5.74, 6) is 0.299. The molecule has 2 atom stereocenters. The van der Waals surface area contributed by atoms with E-state index in [1.165, 1.54) is 23.1 Å². The summed E-state index contributed by atoms with van der Waals surface area (Å²) in [4.78, 5) is 36.2. The smallest absolute Gasteiger partial charge is 0.327 e. The third-order valence-corrected chi connectivity index (χ3v) is 9.39. The number of ether oxygens (including phenoxy) is 2. The lowest BCUT2D eigenvalue weighted by Crippen LogP contribution is -2.53. The van der Waals surface area contributed by atoms with Crippen LogP contribution < -0.4 is 4.74 Å². The second-order valence-corrected chi connectivity index (χ2v) is 11.6. The molecule has 2 aliphatic rings. The molecule has 9 heteroatoms. The molecule has 1 aliphatic carbocycles. The monoisotopic (exact) mass is 516 g/mol. The van der Waals surface area contributed by atoms with Crippen molar-refractivity contribution in [3.8, 4) is 5.75 Å². The number of rotatable bonds is 7. The minimum atomic E-state index is -0.884. The number of methoxy groups -OCH3 is 1. The predicted octanol–water partition coefficient (Wildman–Crippen LogP) is 5.89. The SMILES string of the molecule is COc1ccc(CCC2(C3CCCC3)CC(=O)C(Sc3nc4cccnc4s3)C(=O)O2)cc1Cl. The number of aryl methyl sites for hydroxylation is 1. The van der Waals surface area contributed by atoms with Crippen molar-refractivity contribution in [2.75, 3.05) is 7.11 Å². The Kier molecular flexibility index (Phi) is 6.82. The highest BCUT2D eigenvalue weighted by Crippen LogP contribution is 2.46. The van der Waals surface area contributed by atoms with Crippen molar-refractivity contribution in [1.29, 1.82) is 0 Å². The lowest BCUT2D eigenvalue weighted by molar-refractivity contribution is -0.177. The van der Waals surface area contributed by atoms with Gasteiger partial charge in [-0.15, -0.1) is 0 Å². The van der Waals surface area contributed by atoms with Crippen LogP contribution in [0, 0.1) is 5.92 Å². The largest absolute Gasteiger partial charge is 0.495 e. The quantitative estimate of drug-likeness (QED) is 0.286. The minimum absolute atomic E-state index is 0.0758. The zero-order chi connectivity index (χ0) is 23.7. The number of hydrogen-bond acceptors (Lipinski definition) is 8. The Hall–Kier alpha value is -2.16. The highest BCUT2D eigenvalue weighted by molar-refractivity contribution is 8.03. The number of thiazole rings is 1.